The summed E-state index contributed by atoms with van der Waals surface area (Å²) in [6, 6.07) is 17.1. The number of fused-ring (bicyclic) bond motifs is 1. The smallest absolute Gasteiger partial charge is 0.246 e. The van der Waals surface area contributed by atoms with Crippen LogP contribution in [0.2, 0.25) is 0 Å². The van der Waals surface area contributed by atoms with Crippen LogP contribution in [0.3, 0.4) is 0 Å². The minimum atomic E-state index is -0.00184. The number of para-hydroxylation sites is 1. The summed E-state index contributed by atoms with van der Waals surface area (Å²) in [4.78, 5) is 20.9. The van der Waals surface area contributed by atoms with Gasteiger partial charge in [-0.2, -0.15) is 4.98 Å². The lowest BCUT2D eigenvalue weighted by atomic mass is 10.1. The minimum absolute atomic E-state index is 0.00184. The molecule has 5 aromatic rings. The summed E-state index contributed by atoms with van der Waals surface area (Å²) in [5, 5.41) is 4.82. The minimum Gasteiger partial charge on any atom is -0.338 e. The molecule has 0 aliphatic carbocycles. The average Bonchev–Trinajstić information content (AvgIpc) is 3.40. The standard InChI is InChI=1S/C23H19N5O2/c1-16-24-10-12-27(16)14-17-5-4-6-18(13-17)23-25-22(30-26-23)15-28-11-9-21(29)19-7-2-3-8-20(19)28/h2-13H,14-15H2,1H3. The van der Waals surface area contributed by atoms with Crippen LogP contribution >= 0.6 is 0 Å². The maximum atomic E-state index is 12.1. The monoisotopic (exact) mass is 397 g/mol. The van der Waals surface area contributed by atoms with Gasteiger partial charge in [-0.15, -0.1) is 0 Å². The van der Waals surface area contributed by atoms with E-state index in [-0.39, 0.29) is 5.43 Å². The van der Waals surface area contributed by atoms with Crippen LogP contribution in [0.5, 0.6) is 0 Å². The van der Waals surface area contributed by atoms with Crippen LogP contribution in [0.4, 0.5) is 0 Å². The molecule has 0 spiro atoms. The normalized spacial score (nSPS) is 11.2. The molecule has 0 amide bonds. The van der Waals surface area contributed by atoms with Crippen LogP contribution in [0.1, 0.15) is 17.3 Å². The quantitative estimate of drug-likeness (QED) is 0.452. The fourth-order valence-corrected chi connectivity index (χ4v) is 3.56. The summed E-state index contributed by atoms with van der Waals surface area (Å²) < 4.78 is 9.51. The predicted molar refractivity (Wildman–Crippen MR) is 113 cm³/mol. The molecule has 0 unspecified atom stereocenters. The number of benzene rings is 2. The highest BCUT2D eigenvalue weighted by molar-refractivity contribution is 5.78. The van der Waals surface area contributed by atoms with Crippen LogP contribution in [-0.4, -0.2) is 24.3 Å². The second kappa shape index (κ2) is 7.44. The summed E-state index contributed by atoms with van der Waals surface area (Å²) in [7, 11) is 0. The molecule has 5 rings (SSSR count). The maximum absolute atomic E-state index is 12.1. The fourth-order valence-electron chi connectivity index (χ4n) is 3.56. The van der Waals surface area contributed by atoms with Crippen LogP contribution in [-0.2, 0) is 13.1 Å². The Balaban J connectivity index is 1.41. The van der Waals surface area contributed by atoms with Crippen molar-refractivity contribution in [2.24, 2.45) is 0 Å². The van der Waals surface area contributed by atoms with Crippen molar-refractivity contribution in [3.63, 3.8) is 0 Å². The lowest BCUT2D eigenvalue weighted by Gasteiger charge is -2.07. The van der Waals surface area contributed by atoms with Gasteiger partial charge in [-0.1, -0.05) is 35.5 Å². The Bertz CT molecular complexity index is 1400. The summed E-state index contributed by atoms with van der Waals surface area (Å²) in [6.07, 6.45) is 5.51. The number of hydrogen-bond acceptors (Lipinski definition) is 5. The molecule has 148 valence electrons. The van der Waals surface area contributed by atoms with E-state index in [1.54, 1.807) is 18.5 Å². The SMILES string of the molecule is Cc1nccn1Cc1cccc(-c2noc(Cn3ccc(=O)c4ccccc43)n2)c1. The molecule has 0 atom stereocenters. The van der Waals surface area contributed by atoms with Crippen LogP contribution < -0.4 is 5.43 Å². The number of nitrogens with zero attached hydrogens (tertiary/aromatic N) is 5. The molecular weight excluding hydrogens is 378 g/mol. The van der Waals surface area contributed by atoms with Crippen molar-refractivity contribution in [1.82, 2.24) is 24.3 Å². The van der Waals surface area contributed by atoms with E-state index in [1.165, 1.54) is 0 Å². The van der Waals surface area contributed by atoms with Crippen LogP contribution in [0, 0.1) is 6.92 Å². The second-order valence-corrected chi connectivity index (χ2v) is 7.14. The Morgan fingerprint density at radius 2 is 1.87 bits per heavy atom. The van der Waals surface area contributed by atoms with Crippen molar-refractivity contribution < 1.29 is 4.52 Å². The summed E-state index contributed by atoms with van der Waals surface area (Å²) in [6.45, 7) is 3.10. The lowest BCUT2D eigenvalue weighted by molar-refractivity contribution is 0.372. The molecule has 0 fully saturated rings. The van der Waals surface area contributed by atoms with E-state index in [4.69, 9.17) is 4.52 Å². The molecule has 7 heteroatoms. The van der Waals surface area contributed by atoms with Gasteiger partial charge in [0.25, 0.3) is 0 Å². The van der Waals surface area contributed by atoms with Gasteiger partial charge in [0.05, 0.1) is 5.52 Å². The summed E-state index contributed by atoms with van der Waals surface area (Å²) >= 11 is 0. The van der Waals surface area contributed by atoms with Crippen molar-refractivity contribution in [2.75, 3.05) is 0 Å². The lowest BCUT2D eigenvalue weighted by Crippen LogP contribution is -2.08. The number of aryl methyl sites for hydroxylation is 1. The fraction of sp³-hybridized carbons (Fsp3) is 0.130. The molecule has 0 aliphatic heterocycles. The molecule has 2 aromatic carbocycles. The molecule has 7 nitrogen and oxygen atoms in total. The molecule has 0 N–H and O–H groups in total. The summed E-state index contributed by atoms with van der Waals surface area (Å²) in [5.74, 6) is 1.99. The van der Waals surface area contributed by atoms with Crippen molar-refractivity contribution >= 4 is 10.9 Å². The highest BCUT2D eigenvalue weighted by Crippen LogP contribution is 2.19. The third-order valence-electron chi connectivity index (χ3n) is 5.12. The number of hydrogen-bond donors (Lipinski definition) is 0. The van der Waals surface area contributed by atoms with Gasteiger partial charge in [-0.25, -0.2) is 4.98 Å². The first-order chi connectivity index (χ1) is 14.7. The van der Waals surface area contributed by atoms with Gasteiger partial charge < -0.3 is 13.7 Å². The largest absolute Gasteiger partial charge is 0.338 e. The first-order valence-electron chi connectivity index (χ1n) is 9.65. The van der Waals surface area contributed by atoms with Crippen molar-refractivity contribution in [3.8, 4) is 11.4 Å². The Hall–Kier alpha value is -4.00. The molecule has 0 saturated heterocycles. The van der Waals surface area contributed by atoms with E-state index in [1.807, 2.05) is 54.1 Å². The van der Waals surface area contributed by atoms with Gasteiger partial charge in [0, 0.05) is 42.2 Å². The third kappa shape index (κ3) is 3.41. The highest BCUT2D eigenvalue weighted by atomic mass is 16.5. The molecular formula is C23H19N5O2. The van der Waals surface area contributed by atoms with Gasteiger partial charge in [0.15, 0.2) is 5.43 Å². The first-order valence-corrected chi connectivity index (χ1v) is 9.65. The molecule has 3 aromatic heterocycles. The molecule has 0 aliphatic rings. The van der Waals surface area contributed by atoms with Gasteiger partial charge in [-0.3, -0.25) is 4.79 Å². The van der Waals surface area contributed by atoms with Gasteiger partial charge >= 0.3 is 0 Å². The number of aromatic nitrogens is 5. The van der Waals surface area contributed by atoms with Crippen molar-refractivity contribution in [3.05, 3.63) is 101 Å². The topological polar surface area (TPSA) is 78.7 Å². The Kier molecular flexibility index (Phi) is 4.48. The van der Waals surface area contributed by atoms with Gasteiger partial charge in [-0.05, 0) is 30.7 Å². The van der Waals surface area contributed by atoms with Crippen molar-refractivity contribution in [1.29, 1.82) is 0 Å². The van der Waals surface area contributed by atoms with E-state index in [0.717, 1.165) is 29.0 Å². The Labute approximate surface area is 172 Å². The molecule has 0 bridgehead atoms. The van der Waals surface area contributed by atoms with E-state index >= 15 is 0 Å². The van der Waals surface area contributed by atoms with E-state index in [2.05, 4.69) is 31.8 Å². The highest BCUT2D eigenvalue weighted by Gasteiger charge is 2.11. The van der Waals surface area contributed by atoms with Gasteiger partial charge in [0.2, 0.25) is 11.7 Å². The van der Waals surface area contributed by atoms with Crippen molar-refractivity contribution in [2.45, 2.75) is 20.0 Å². The third-order valence-corrected chi connectivity index (χ3v) is 5.12. The van der Waals surface area contributed by atoms with Crippen LogP contribution in [0.25, 0.3) is 22.3 Å². The van der Waals surface area contributed by atoms with E-state index in [9.17, 15) is 4.79 Å². The second-order valence-electron chi connectivity index (χ2n) is 7.14. The Morgan fingerprint density at radius 1 is 0.967 bits per heavy atom. The maximum Gasteiger partial charge on any atom is 0.246 e. The Morgan fingerprint density at radius 3 is 2.73 bits per heavy atom. The number of imidazole rings is 1. The van der Waals surface area contributed by atoms with E-state index in [0.29, 0.717) is 23.6 Å². The molecule has 3 heterocycles. The predicted octanol–water partition coefficient (Wildman–Crippen LogP) is 3.65. The first kappa shape index (κ1) is 18.1. The zero-order chi connectivity index (χ0) is 20.5. The van der Waals surface area contributed by atoms with E-state index < -0.39 is 0 Å². The zero-order valence-electron chi connectivity index (χ0n) is 16.4. The van der Waals surface area contributed by atoms with Crippen LogP contribution in [0.15, 0.2) is 82.5 Å². The van der Waals surface area contributed by atoms with Gasteiger partial charge in [0.1, 0.15) is 12.4 Å². The molecule has 0 radical (unpaired) electrons. The number of pyridine rings is 1. The number of rotatable bonds is 5. The molecule has 30 heavy (non-hydrogen) atoms. The molecule has 0 saturated carbocycles. The summed E-state index contributed by atoms with van der Waals surface area (Å²) in [5.41, 5.74) is 2.86. The average molecular weight is 397 g/mol. The zero-order valence-corrected chi connectivity index (χ0v) is 16.4.